The molecule has 1 aliphatic carbocycles. The fraction of sp³-hybridized carbons (Fsp3) is 0.529. The number of methoxy groups -OCH3 is 1. The van der Waals surface area contributed by atoms with E-state index in [1.54, 1.807) is 6.92 Å². The van der Waals surface area contributed by atoms with Crippen molar-refractivity contribution < 1.29 is 14.3 Å². The Morgan fingerprint density at radius 3 is 1.97 bits per heavy atom. The van der Waals surface area contributed by atoms with Crippen LogP contribution in [-0.2, 0) is 9.53 Å². The summed E-state index contributed by atoms with van der Waals surface area (Å²) in [5.74, 6) is 0.290. The molecule has 0 bridgehead atoms. The molecule has 1 saturated carbocycles. The van der Waals surface area contributed by atoms with Gasteiger partial charge in [-0.15, -0.1) is 0 Å². The number of benzene rings is 2. The summed E-state index contributed by atoms with van der Waals surface area (Å²) in [7, 11) is -0.581. The number of Topliss-reactive ketones (excluding diaryl/α,β-unsaturated/α-hetero) is 1. The molecule has 1 heterocycles. The van der Waals surface area contributed by atoms with Crippen LogP contribution in [0, 0.1) is 5.92 Å². The summed E-state index contributed by atoms with van der Waals surface area (Å²) < 4.78 is 8.07. The predicted octanol–water partition coefficient (Wildman–Crippen LogP) is 9.37. The summed E-state index contributed by atoms with van der Waals surface area (Å²) in [4.78, 5) is 25.2. The van der Waals surface area contributed by atoms with Gasteiger partial charge in [-0.25, -0.2) is 0 Å². The quantitative estimate of drug-likeness (QED) is 0.145. The first-order chi connectivity index (χ1) is 18.5. The Morgan fingerprint density at radius 1 is 0.897 bits per heavy atom. The van der Waals surface area contributed by atoms with E-state index in [9.17, 15) is 9.59 Å². The minimum absolute atomic E-state index is 0.0771. The number of hydrogen-bond acceptors (Lipinski definition) is 3. The molecular formula is C34H47NO3Si. The second-order valence-corrected chi connectivity index (χ2v) is 18.4. The third kappa shape index (κ3) is 5.39. The molecule has 5 heteroatoms. The molecule has 0 radical (unpaired) electrons. The third-order valence-corrected chi connectivity index (χ3v) is 16.3. The number of fused-ring (bicyclic) bond motifs is 1. The lowest BCUT2D eigenvalue weighted by Crippen LogP contribution is -2.51. The number of nitrogens with zero attached hydrogens (tertiary/aromatic N) is 1. The number of esters is 1. The number of ketones is 1. The van der Waals surface area contributed by atoms with Crippen LogP contribution in [0.4, 0.5) is 0 Å². The van der Waals surface area contributed by atoms with Crippen molar-refractivity contribution in [3.8, 4) is 11.1 Å². The molecule has 1 aliphatic rings. The van der Waals surface area contributed by atoms with Crippen LogP contribution >= 0.6 is 0 Å². The Bertz CT molecular complexity index is 1290. The van der Waals surface area contributed by atoms with Crippen LogP contribution in [0.15, 0.2) is 48.7 Å². The highest BCUT2D eigenvalue weighted by molar-refractivity contribution is 6.82. The molecule has 1 unspecified atom stereocenters. The van der Waals surface area contributed by atoms with Crippen molar-refractivity contribution in [1.82, 2.24) is 4.23 Å². The molecule has 0 aliphatic heterocycles. The lowest BCUT2D eigenvalue weighted by molar-refractivity contribution is -0.142. The van der Waals surface area contributed by atoms with Crippen molar-refractivity contribution in [1.29, 1.82) is 0 Å². The number of hydrogen-bond donors (Lipinski definition) is 0. The third-order valence-electron chi connectivity index (χ3n) is 9.56. The molecule has 3 aromatic rings. The first kappa shape index (κ1) is 29.3. The van der Waals surface area contributed by atoms with Crippen molar-refractivity contribution in [3.05, 3.63) is 59.8 Å². The molecular weight excluding hydrogens is 498 g/mol. The van der Waals surface area contributed by atoms with E-state index in [0.29, 0.717) is 22.5 Å². The van der Waals surface area contributed by atoms with E-state index in [1.165, 1.54) is 43.7 Å². The smallest absolute Gasteiger partial charge is 0.313 e. The summed E-state index contributed by atoms with van der Waals surface area (Å²) >= 11 is 0. The fourth-order valence-electron chi connectivity index (χ4n) is 7.83. The average Bonchev–Trinajstić information content (AvgIpc) is 3.55. The van der Waals surface area contributed by atoms with Gasteiger partial charge in [-0.05, 0) is 58.6 Å². The fourth-order valence-corrected chi connectivity index (χ4v) is 14.5. The van der Waals surface area contributed by atoms with Gasteiger partial charge in [-0.2, -0.15) is 0 Å². The van der Waals surface area contributed by atoms with E-state index in [2.05, 4.69) is 70.2 Å². The number of carbonyl (C=O) groups excluding carboxylic acids is 2. The lowest BCUT2D eigenvalue weighted by Gasteiger charge is -2.44. The van der Waals surface area contributed by atoms with E-state index >= 15 is 0 Å². The topological polar surface area (TPSA) is 48.3 Å². The molecule has 0 amide bonds. The number of rotatable bonds is 10. The minimum atomic E-state index is -2.11. The van der Waals surface area contributed by atoms with Crippen molar-refractivity contribution >= 4 is 30.9 Å². The highest BCUT2D eigenvalue weighted by Gasteiger charge is 2.46. The van der Waals surface area contributed by atoms with Crippen molar-refractivity contribution in [3.63, 3.8) is 0 Å². The Hall–Kier alpha value is -2.66. The van der Waals surface area contributed by atoms with Crippen LogP contribution in [0.25, 0.3) is 22.0 Å². The molecule has 1 atom stereocenters. The Balaban J connectivity index is 1.98. The van der Waals surface area contributed by atoms with Gasteiger partial charge in [0.2, 0.25) is 0 Å². The van der Waals surface area contributed by atoms with Crippen LogP contribution in [0.3, 0.4) is 0 Å². The van der Waals surface area contributed by atoms with Gasteiger partial charge in [0.1, 0.15) is 0 Å². The van der Waals surface area contributed by atoms with Crippen molar-refractivity contribution in [2.75, 3.05) is 7.11 Å². The Morgan fingerprint density at radius 2 is 1.46 bits per heavy atom. The van der Waals surface area contributed by atoms with Crippen LogP contribution in [0.5, 0.6) is 0 Å². The molecule has 0 N–H and O–H groups in total. The van der Waals surface area contributed by atoms with Gasteiger partial charge in [0.15, 0.2) is 14.0 Å². The summed E-state index contributed by atoms with van der Waals surface area (Å²) in [5, 5.41) is 1.17. The van der Waals surface area contributed by atoms with E-state index in [-0.39, 0.29) is 17.7 Å². The maximum Gasteiger partial charge on any atom is 0.313 e. The SMILES string of the molecule is COC(=O)C(CC1CCCC1)c1cn([Si](C(C)C)(C(C)C)C(C)C)c2cc(-c3ccc(C(C)=O)cc3)ccc12. The van der Waals surface area contributed by atoms with Gasteiger partial charge in [-0.1, -0.05) is 104 Å². The van der Waals surface area contributed by atoms with Crippen LogP contribution in [-0.4, -0.2) is 31.3 Å². The maximum atomic E-state index is 13.3. The van der Waals surface area contributed by atoms with E-state index in [0.717, 1.165) is 28.7 Å². The van der Waals surface area contributed by atoms with Gasteiger partial charge in [-0.3, -0.25) is 9.59 Å². The summed E-state index contributed by atoms with van der Waals surface area (Å²) in [5.41, 5.74) is 6.86. The van der Waals surface area contributed by atoms with Crippen molar-refractivity contribution in [2.24, 2.45) is 5.92 Å². The molecule has 4 nitrogen and oxygen atoms in total. The second kappa shape index (κ2) is 11.8. The number of carbonyl (C=O) groups is 2. The number of ether oxygens (including phenoxy) is 1. The maximum absolute atomic E-state index is 13.3. The Labute approximate surface area is 236 Å². The van der Waals surface area contributed by atoms with Gasteiger partial charge < -0.3 is 8.97 Å². The molecule has 0 spiro atoms. The number of aromatic nitrogens is 1. The van der Waals surface area contributed by atoms with Gasteiger partial charge >= 0.3 is 5.97 Å². The highest BCUT2D eigenvalue weighted by Crippen LogP contribution is 2.47. The van der Waals surface area contributed by atoms with Crippen LogP contribution < -0.4 is 0 Å². The zero-order chi connectivity index (χ0) is 28.5. The molecule has 1 fully saturated rings. The zero-order valence-corrected chi connectivity index (χ0v) is 26.2. The zero-order valence-electron chi connectivity index (χ0n) is 25.2. The standard InChI is InChI=1S/C34H47NO3Si/c1-22(2)39(23(3)4,24(5)6)35-21-32(31(34(37)38-8)19-26-11-9-10-12-26)30-18-17-29(20-33(30)35)28-15-13-27(14-16-28)25(7)36/h13-18,20-24,26,31H,9-12,19H2,1-8H3. The molecule has 210 valence electrons. The molecule has 4 rings (SSSR count). The first-order valence-corrected chi connectivity index (χ1v) is 17.0. The molecule has 1 aromatic heterocycles. The summed E-state index contributed by atoms with van der Waals surface area (Å²) in [6, 6.07) is 14.6. The molecule has 39 heavy (non-hydrogen) atoms. The lowest BCUT2D eigenvalue weighted by atomic mass is 9.87. The Kier molecular flexibility index (Phi) is 8.90. The van der Waals surface area contributed by atoms with Crippen LogP contribution in [0.1, 0.15) is 102 Å². The molecule has 0 saturated heterocycles. The predicted molar refractivity (Wildman–Crippen MR) is 165 cm³/mol. The molecule has 2 aromatic carbocycles. The highest BCUT2D eigenvalue weighted by atomic mass is 28.3. The van der Waals surface area contributed by atoms with E-state index in [1.807, 2.05) is 24.3 Å². The van der Waals surface area contributed by atoms with E-state index < -0.39 is 8.24 Å². The largest absolute Gasteiger partial charge is 0.469 e. The van der Waals surface area contributed by atoms with E-state index in [4.69, 9.17) is 4.74 Å². The monoisotopic (exact) mass is 545 g/mol. The first-order valence-electron chi connectivity index (χ1n) is 14.9. The summed E-state index contributed by atoms with van der Waals surface area (Å²) in [6.45, 7) is 15.9. The van der Waals surface area contributed by atoms with Crippen molar-refractivity contribution in [2.45, 2.75) is 103 Å². The summed E-state index contributed by atoms with van der Waals surface area (Å²) in [6.07, 6.45) is 8.15. The van der Waals surface area contributed by atoms with Gasteiger partial charge in [0.05, 0.1) is 13.0 Å². The van der Waals surface area contributed by atoms with Gasteiger partial charge in [0, 0.05) is 22.7 Å². The normalized spacial score (nSPS) is 15.6. The second-order valence-electron chi connectivity index (χ2n) is 12.6. The van der Waals surface area contributed by atoms with Crippen LogP contribution in [0.2, 0.25) is 16.6 Å². The average molecular weight is 546 g/mol. The van der Waals surface area contributed by atoms with Gasteiger partial charge in [0.25, 0.3) is 0 Å². The minimum Gasteiger partial charge on any atom is -0.469 e.